The van der Waals surface area contributed by atoms with E-state index >= 15 is 0 Å². The van der Waals surface area contributed by atoms with Gasteiger partial charge in [-0.3, -0.25) is 14.6 Å². The third-order valence-corrected chi connectivity index (χ3v) is 6.84. The summed E-state index contributed by atoms with van der Waals surface area (Å²) in [5, 5.41) is 16.7. The summed E-state index contributed by atoms with van der Waals surface area (Å²) in [4.78, 5) is 30.7. The van der Waals surface area contributed by atoms with Gasteiger partial charge in [0.15, 0.2) is 0 Å². The molecule has 7 N–H and O–H groups in total. The van der Waals surface area contributed by atoms with E-state index < -0.39 is 0 Å². The van der Waals surface area contributed by atoms with Crippen molar-refractivity contribution in [2.45, 2.75) is 26.2 Å². The Kier molecular flexibility index (Phi) is 10.1. The highest BCUT2D eigenvalue weighted by Crippen LogP contribution is 2.20. The number of hydrogen-bond acceptors (Lipinski definition) is 7. The first-order valence-corrected chi connectivity index (χ1v) is 13.9. The number of carbonyl (C=O) groups excluding carboxylic acids is 2. The molecule has 0 aliphatic carbocycles. The number of nitrogens with one attached hydrogen (secondary N) is 3. The zero-order valence-corrected chi connectivity index (χ0v) is 24.4. The van der Waals surface area contributed by atoms with Crippen LogP contribution in [0.5, 0.6) is 0 Å². The molecule has 42 heavy (non-hydrogen) atoms. The molecule has 1 heterocycles. The minimum Gasteiger partial charge on any atom is -0.369 e. The minimum atomic E-state index is -0.223. The largest absolute Gasteiger partial charge is 0.369 e. The fourth-order valence-electron chi connectivity index (χ4n) is 4.58. The molecule has 2 amide bonds. The lowest BCUT2D eigenvalue weighted by atomic mass is 9.97. The van der Waals surface area contributed by atoms with Gasteiger partial charge in [0, 0.05) is 48.1 Å². The number of benzene rings is 3. The van der Waals surface area contributed by atoms with Crippen LogP contribution in [0.1, 0.15) is 45.1 Å². The molecular formula is C31H34N8O2S. The van der Waals surface area contributed by atoms with Crippen LogP contribution in [0.25, 0.3) is 0 Å². The van der Waals surface area contributed by atoms with Crippen molar-refractivity contribution in [3.05, 3.63) is 100 Å². The van der Waals surface area contributed by atoms with E-state index in [4.69, 9.17) is 23.7 Å². The Morgan fingerprint density at radius 2 is 1.74 bits per heavy atom. The normalized spacial score (nSPS) is 12.6. The predicted molar refractivity (Wildman–Crippen MR) is 172 cm³/mol. The topological polar surface area (TPSA) is 159 Å². The first-order valence-electron chi connectivity index (χ1n) is 13.5. The third kappa shape index (κ3) is 8.31. The van der Waals surface area contributed by atoms with E-state index in [9.17, 15) is 9.59 Å². The quantitative estimate of drug-likeness (QED) is 0.101. The van der Waals surface area contributed by atoms with Crippen LogP contribution in [0.4, 0.5) is 5.69 Å². The SMILES string of the molecule is CNC(=O)c1ccc(NC(=O)Cc2cccc(C3=NCCN3)c2)cc1CC(=S)Cc1cccc(/C(C)=N/N=C(N)N)c1. The molecule has 0 saturated heterocycles. The maximum absolute atomic E-state index is 12.9. The van der Waals surface area contributed by atoms with Crippen LogP contribution < -0.4 is 27.4 Å². The Hall–Kier alpha value is -4.90. The monoisotopic (exact) mass is 582 g/mol. The summed E-state index contributed by atoms with van der Waals surface area (Å²) in [6, 6.07) is 20.8. The van der Waals surface area contributed by atoms with E-state index in [2.05, 4.69) is 31.1 Å². The van der Waals surface area contributed by atoms with E-state index in [1.807, 2.05) is 61.5 Å². The van der Waals surface area contributed by atoms with Gasteiger partial charge in [-0.1, -0.05) is 48.6 Å². The van der Waals surface area contributed by atoms with E-state index in [-0.39, 0.29) is 24.2 Å². The molecule has 3 aromatic carbocycles. The zero-order chi connectivity index (χ0) is 30.1. The van der Waals surface area contributed by atoms with Crippen LogP contribution in [0.3, 0.4) is 0 Å². The summed E-state index contributed by atoms with van der Waals surface area (Å²) in [5.41, 5.74) is 16.9. The number of guanidine groups is 1. The van der Waals surface area contributed by atoms with E-state index in [1.54, 1.807) is 19.2 Å². The predicted octanol–water partition coefficient (Wildman–Crippen LogP) is 2.73. The van der Waals surface area contributed by atoms with Gasteiger partial charge in [-0.05, 0) is 59.5 Å². The fourth-order valence-corrected chi connectivity index (χ4v) is 4.91. The smallest absolute Gasteiger partial charge is 0.251 e. The van der Waals surface area contributed by atoms with Gasteiger partial charge in [0.25, 0.3) is 5.91 Å². The standard InChI is InChI=1S/C31H34N8O2S/c1-19(38-39-31(32)33)22-7-3-5-20(13-22)15-26(42)18-24-17-25(9-10-27(24)30(41)34-2)37-28(40)16-21-6-4-8-23(14-21)29-35-11-12-36-29/h3-10,13-14,17H,11-12,15-16,18H2,1-2H3,(H,34,41)(H,35,36)(H,37,40)(H4,32,33,39)/b38-19+. The molecule has 1 aliphatic heterocycles. The molecule has 0 spiro atoms. The first-order chi connectivity index (χ1) is 20.2. The Morgan fingerprint density at radius 1 is 0.976 bits per heavy atom. The number of nitrogens with zero attached hydrogens (tertiary/aromatic N) is 3. The molecule has 11 heteroatoms. The number of carbonyl (C=O) groups is 2. The minimum absolute atomic E-state index is 0.112. The maximum atomic E-state index is 12.9. The van der Waals surface area contributed by atoms with Crippen molar-refractivity contribution in [2.75, 3.05) is 25.5 Å². The Labute approximate surface area is 250 Å². The highest BCUT2D eigenvalue weighted by atomic mass is 32.1. The molecule has 10 nitrogen and oxygen atoms in total. The van der Waals surface area contributed by atoms with Gasteiger partial charge in [-0.2, -0.15) is 5.10 Å². The van der Waals surface area contributed by atoms with Crippen LogP contribution in [0.2, 0.25) is 0 Å². The van der Waals surface area contributed by atoms with Crippen LogP contribution in [-0.2, 0) is 24.1 Å². The summed E-state index contributed by atoms with van der Waals surface area (Å²) >= 11 is 5.75. The summed E-state index contributed by atoms with van der Waals surface area (Å²) < 4.78 is 0. The van der Waals surface area contributed by atoms with Gasteiger partial charge in [-0.25, -0.2) is 0 Å². The van der Waals surface area contributed by atoms with Crippen molar-refractivity contribution in [3.8, 4) is 0 Å². The Balaban J connectivity index is 1.46. The second-order valence-corrected chi connectivity index (χ2v) is 10.4. The van der Waals surface area contributed by atoms with Crippen molar-refractivity contribution in [1.82, 2.24) is 10.6 Å². The number of amides is 2. The van der Waals surface area contributed by atoms with Crippen molar-refractivity contribution in [3.63, 3.8) is 0 Å². The lowest BCUT2D eigenvalue weighted by Crippen LogP contribution is -2.22. The maximum Gasteiger partial charge on any atom is 0.251 e. The second-order valence-electron chi connectivity index (χ2n) is 9.84. The number of nitrogens with two attached hydrogens (primary N) is 2. The van der Waals surface area contributed by atoms with Crippen LogP contribution in [0.15, 0.2) is 81.9 Å². The summed E-state index contributed by atoms with van der Waals surface area (Å²) in [6.45, 7) is 3.39. The highest BCUT2D eigenvalue weighted by molar-refractivity contribution is 7.80. The Bertz CT molecular complexity index is 1590. The van der Waals surface area contributed by atoms with Crippen LogP contribution in [-0.4, -0.2) is 54.3 Å². The number of amidine groups is 1. The first kappa shape index (κ1) is 30.1. The van der Waals surface area contributed by atoms with Gasteiger partial charge in [0.2, 0.25) is 11.9 Å². The highest BCUT2D eigenvalue weighted by Gasteiger charge is 2.15. The number of rotatable bonds is 11. The molecule has 216 valence electrons. The van der Waals surface area contributed by atoms with Crippen LogP contribution in [0, 0.1) is 0 Å². The van der Waals surface area contributed by atoms with Crippen molar-refractivity contribution >= 4 is 52.1 Å². The van der Waals surface area contributed by atoms with E-state index in [1.165, 1.54) is 0 Å². The molecule has 0 atom stereocenters. The summed E-state index contributed by atoms with van der Waals surface area (Å²) in [7, 11) is 1.58. The van der Waals surface area contributed by atoms with Gasteiger partial charge < -0.3 is 27.4 Å². The van der Waals surface area contributed by atoms with E-state index in [0.717, 1.165) is 51.6 Å². The Morgan fingerprint density at radius 3 is 2.45 bits per heavy atom. The lowest BCUT2D eigenvalue weighted by Gasteiger charge is -2.13. The average Bonchev–Trinajstić information content (AvgIpc) is 3.51. The molecule has 0 unspecified atom stereocenters. The molecule has 0 saturated carbocycles. The van der Waals surface area contributed by atoms with Crippen molar-refractivity contribution in [2.24, 2.45) is 26.7 Å². The van der Waals surface area contributed by atoms with Crippen molar-refractivity contribution in [1.29, 1.82) is 0 Å². The molecular weight excluding hydrogens is 548 g/mol. The number of thiocarbonyl (C=S) groups is 1. The van der Waals surface area contributed by atoms with E-state index in [0.29, 0.717) is 29.8 Å². The molecule has 0 aromatic heterocycles. The second kappa shape index (κ2) is 14.1. The zero-order valence-electron chi connectivity index (χ0n) is 23.6. The number of aliphatic imine (C=N–C) groups is 1. The van der Waals surface area contributed by atoms with Crippen molar-refractivity contribution < 1.29 is 9.59 Å². The van der Waals surface area contributed by atoms with Gasteiger partial charge >= 0.3 is 0 Å². The number of anilines is 1. The summed E-state index contributed by atoms with van der Waals surface area (Å²) in [5.74, 6) is 0.353. The molecule has 0 bridgehead atoms. The molecule has 0 radical (unpaired) electrons. The van der Waals surface area contributed by atoms with Gasteiger partial charge in [-0.15, -0.1) is 5.10 Å². The van der Waals surface area contributed by atoms with Crippen LogP contribution >= 0.6 is 12.2 Å². The molecule has 0 fully saturated rings. The fraction of sp³-hybridized carbons (Fsp3) is 0.226. The molecule has 3 aromatic rings. The van der Waals surface area contributed by atoms with Gasteiger partial charge in [0.1, 0.15) is 5.84 Å². The van der Waals surface area contributed by atoms with Gasteiger partial charge in [0.05, 0.1) is 18.7 Å². The third-order valence-electron chi connectivity index (χ3n) is 6.55. The number of hydrogen-bond donors (Lipinski definition) is 5. The molecule has 4 rings (SSSR count). The summed E-state index contributed by atoms with van der Waals surface area (Å²) in [6.07, 6.45) is 1.09. The molecule has 1 aliphatic rings. The lowest BCUT2D eigenvalue weighted by molar-refractivity contribution is -0.115. The average molecular weight is 583 g/mol.